The van der Waals surface area contributed by atoms with Gasteiger partial charge in [-0.15, -0.1) is 0 Å². The largest absolute Gasteiger partial charge is 0.399 e. The zero-order valence-corrected chi connectivity index (χ0v) is 13.5. The first-order chi connectivity index (χ1) is 10.1. The van der Waals surface area contributed by atoms with E-state index in [1.54, 1.807) is 0 Å². The Morgan fingerprint density at radius 1 is 1.14 bits per heavy atom. The quantitative estimate of drug-likeness (QED) is 0.793. The molecule has 1 atom stereocenters. The Balaban J connectivity index is 1.87. The molecule has 2 aromatic carbocycles. The van der Waals surface area contributed by atoms with E-state index >= 15 is 0 Å². The average Bonchev–Trinajstić information content (AvgIpc) is 2.47. The number of benzene rings is 2. The molecule has 0 aliphatic heterocycles. The Morgan fingerprint density at radius 3 is 2.62 bits per heavy atom. The zero-order valence-electron chi connectivity index (χ0n) is 12.7. The topological polar surface area (TPSA) is 29.3 Å². The predicted molar refractivity (Wildman–Crippen MR) is 91.7 cm³/mol. The molecule has 0 fully saturated rings. The monoisotopic (exact) mass is 302 g/mol. The Bertz CT molecular complexity index is 583. The molecule has 0 bridgehead atoms. The maximum absolute atomic E-state index is 6.27. The van der Waals surface area contributed by atoms with Crippen LogP contribution in [0.15, 0.2) is 48.5 Å². The number of aryl methyl sites for hydroxylation is 1. The summed E-state index contributed by atoms with van der Waals surface area (Å²) in [6.07, 6.45) is 2.15. The minimum absolute atomic E-state index is 0.319. The molecule has 3 heteroatoms. The van der Waals surface area contributed by atoms with Gasteiger partial charge in [0.1, 0.15) is 0 Å². The fraction of sp³-hybridized carbons (Fsp3) is 0.333. The summed E-state index contributed by atoms with van der Waals surface area (Å²) in [5.74, 6) is 0. The number of rotatable bonds is 6. The maximum Gasteiger partial charge on any atom is 0.0453 e. The first-order valence-electron chi connectivity index (χ1n) is 7.37. The van der Waals surface area contributed by atoms with Crippen LogP contribution in [-0.2, 0) is 6.42 Å². The summed E-state index contributed by atoms with van der Waals surface area (Å²) >= 11 is 6.27. The predicted octanol–water partition coefficient (Wildman–Crippen LogP) is 4.55. The molecular formula is C18H23ClN2. The van der Waals surface area contributed by atoms with Gasteiger partial charge in [-0.2, -0.15) is 0 Å². The van der Waals surface area contributed by atoms with Crippen molar-refractivity contribution in [3.8, 4) is 0 Å². The van der Waals surface area contributed by atoms with Crippen LogP contribution in [0.4, 0.5) is 5.69 Å². The molecule has 0 amide bonds. The van der Waals surface area contributed by atoms with Crippen molar-refractivity contribution in [2.24, 2.45) is 0 Å². The highest BCUT2D eigenvalue weighted by Crippen LogP contribution is 2.26. The van der Waals surface area contributed by atoms with Gasteiger partial charge in [-0.05, 0) is 62.7 Å². The number of nitrogen functional groups attached to an aromatic ring is 1. The maximum atomic E-state index is 6.27. The molecule has 0 aliphatic carbocycles. The lowest BCUT2D eigenvalue weighted by molar-refractivity contribution is 0.258. The molecule has 21 heavy (non-hydrogen) atoms. The second kappa shape index (κ2) is 7.48. The van der Waals surface area contributed by atoms with Gasteiger partial charge in [0.15, 0.2) is 0 Å². The highest BCUT2D eigenvalue weighted by Gasteiger charge is 2.13. The van der Waals surface area contributed by atoms with Gasteiger partial charge < -0.3 is 5.73 Å². The average molecular weight is 303 g/mol. The van der Waals surface area contributed by atoms with Gasteiger partial charge in [0.25, 0.3) is 0 Å². The van der Waals surface area contributed by atoms with Gasteiger partial charge in [0.05, 0.1) is 0 Å². The molecular weight excluding hydrogens is 280 g/mol. The van der Waals surface area contributed by atoms with Gasteiger partial charge in [-0.25, -0.2) is 0 Å². The van der Waals surface area contributed by atoms with Crippen molar-refractivity contribution >= 4 is 17.3 Å². The summed E-state index contributed by atoms with van der Waals surface area (Å²) in [6.45, 7) is 3.23. The van der Waals surface area contributed by atoms with E-state index in [9.17, 15) is 0 Å². The van der Waals surface area contributed by atoms with E-state index in [0.717, 1.165) is 30.1 Å². The van der Waals surface area contributed by atoms with Crippen LogP contribution in [0, 0.1) is 0 Å². The molecule has 0 saturated heterocycles. The number of hydrogen-bond acceptors (Lipinski definition) is 2. The molecule has 0 saturated carbocycles. The molecule has 2 rings (SSSR count). The van der Waals surface area contributed by atoms with E-state index in [2.05, 4.69) is 37.1 Å². The third kappa shape index (κ3) is 4.48. The van der Waals surface area contributed by atoms with Crippen molar-refractivity contribution in [2.75, 3.05) is 19.3 Å². The lowest BCUT2D eigenvalue weighted by atomic mass is 10.1. The molecule has 2 N–H and O–H groups in total. The Hall–Kier alpha value is -1.51. The van der Waals surface area contributed by atoms with Crippen LogP contribution in [-0.4, -0.2) is 18.5 Å². The molecule has 2 aromatic rings. The Labute approximate surface area is 132 Å². The fourth-order valence-corrected chi connectivity index (χ4v) is 2.82. The van der Waals surface area contributed by atoms with Crippen molar-refractivity contribution < 1.29 is 0 Å². The van der Waals surface area contributed by atoms with Gasteiger partial charge >= 0.3 is 0 Å². The minimum atomic E-state index is 0.319. The molecule has 112 valence electrons. The zero-order chi connectivity index (χ0) is 15.2. The smallest absolute Gasteiger partial charge is 0.0453 e. The van der Waals surface area contributed by atoms with Crippen LogP contribution in [0.1, 0.15) is 30.5 Å². The van der Waals surface area contributed by atoms with Crippen molar-refractivity contribution in [2.45, 2.75) is 25.8 Å². The SMILES string of the molecule is CC(c1ccccc1Cl)N(C)CCCc1cccc(N)c1. The summed E-state index contributed by atoms with van der Waals surface area (Å²) in [5, 5.41) is 0.840. The fourth-order valence-electron chi connectivity index (χ4n) is 2.53. The molecule has 2 nitrogen and oxygen atoms in total. The minimum Gasteiger partial charge on any atom is -0.399 e. The standard InChI is InChI=1S/C18H23ClN2/c1-14(17-10-3-4-11-18(17)19)21(2)12-6-8-15-7-5-9-16(20)13-15/h3-5,7,9-11,13-14H,6,8,12,20H2,1-2H3. The van der Waals surface area contributed by atoms with E-state index in [1.165, 1.54) is 11.1 Å². The number of nitrogens with two attached hydrogens (primary N) is 1. The van der Waals surface area contributed by atoms with E-state index in [-0.39, 0.29) is 0 Å². The highest BCUT2D eigenvalue weighted by molar-refractivity contribution is 6.31. The number of anilines is 1. The van der Waals surface area contributed by atoms with Crippen LogP contribution >= 0.6 is 11.6 Å². The van der Waals surface area contributed by atoms with E-state index in [1.807, 2.05) is 30.3 Å². The summed E-state index contributed by atoms with van der Waals surface area (Å²) in [7, 11) is 2.15. The third-order valence-electron chi connectivity index (χ3n) is 3.94. The van der Waals surface area contributed by atoms with Crippen molar-refractivity contribution in [1.29, 1.82) is 0 Å². The van der Waals surface area contributed by atoms with Crippen molar-refractivity contribution in [3.05, 3.63) is 64.7 Å². The summed E-state index contributed by atoms with van der Waals surface area (Å²) in [6, 6.07) is 16.5. The molecule has 1 unspecified atom stereocenters. The first-order valence-corrected chi connectivity index (χ1v) is 7.75. The van der Waals surface area contributed by atoms with E-state index in [4.69, 9.17) is 17.3 Å². The van der Waals surface area contributed by atoms with Gasteiger partial charge in [0, 0.05) is 16.8 Å². The van der Waals surface area contributed by atoms with Crippen LogP contribution in [0.3, 0.4) is 0 Å². The van der Waals surface area contributed by atoms with Crippen LogP contribution in [0.2, 0.25) is 5.02 Å². The van der Waals surface area contributed by atoms with Gasteiger partial charge in [-0.3, -0.25) is 4.90 Å². The molecule has 0 spiro atoms. The number of hydrogen-bond donors (Lipinski definition) is 1. The van der Waals surface area contributed by atoms with Crippen molar-refractivity contribution in [3.63, 3.8) is 0 Å². The van der Waals surface area contributed by atoms with E-state index < -0.39 is 0 Å². The molecule has 0 aromatic heterocycles. The number of halogens is 1. The summed E-state index contributed by atoms with van der Waals surface area (Å²) in [5.41, 5.74) is 9.13. The van der Waals surface area contributed by atoms with Crippen molar-refractivity contribution in [1.82, 2.24) is 4.90 Å². The molecule has 0 heterocycles. The second-order valence-electron chi connectivity index (χ2n) is 5.53. The molecule has 0 radical (unpaired) electrons. The first kappa shape index (κ1) is 15.9. The third-order valence-corrected chi connectivity index (χ3v) is 4.29. The normalized spacial score (nSPS) is 12.6. The highest BCUT2D eigenvalue weighted by atomic mass is 35.5. The molecule has 0 aliphatic rings. The lowest BCUT2D eigenvalue weighted by Crippen LogP contribution is -2.24. The number of nitrogens with zero attached hydrogens (tertiary/aromatic N) is 1. The van der Waals surface area contributed by atoms with Gasteiger partial charge in [-0.1, -0.05) is 41.9 Å². The second-order valence-corrected chi connectivity index (χ2v) is 5.93. The van der Waals surface area contributed by atoms with E-state index in [0.29, 0.717) is 6.04 Å². The van der Waals surface area contributed by atoms with Crippen LogP contribution in [0.5, 0.6) is 0 Å². The van der Waals surface area contributed by atoms with Gasteiger partial charge in [0.2, 0.25) is 0 Å². The summed E-state index contributed by atoms with van der Waals surface area (Å²) in [4.78, 5) is 2.34. The summed E-state index contributed by atoms with van der Waals surface area (Å²) < 4.78 is 0. The Morgan fingerprint density at radius 2 is 1.90 bits per heavy atom. The van der Waals surface area contributed by atoms with Crippen LogP contribution < -0.4 is 5.73 Å². The van der Waals surface area contributed by atoms with Crippen LogP contribution in [0.25, 0.3) is 0 Å². The lowest BCUT2D eigenvalue weighted by Gasteiger charge is -2.25. The Kier molecular flexibility index (Phi) is 5.66.